The summed E-state index contributed by atoms with van der Waals surface area (Å²) in [6, 6.07) is 2.00. The first kappa shape index (κ1) is 14.3. The molecule has 104 valence electrons. The molecule has 0 N–H and O–H groups in total. The van der Waals surface area contributed by atoms with Crippen LogP contribution in [0, 0.1) is 6.92 Å². The van der Waals surface area contributed by atoms with Gasteiger partial charge in [-0.1, -0.05) is 6.92 Å². The zero-order chi connectivity index (χ0) is 13.8. The molecular weight excluding hydrogens is 260 g/mol. The van der Waals surface area contributed by atoms with Crippen molar-refractivity contribution in [3.05, 3.63) is 23.7 Å². The number of imidazole rings is 1. The van der Waals surface area contributed by atoms with Gasteiger partial charge in [0.1, 0.15) is 11.3 Å². The Morgan fingerprint density at radius 2 is 2.21 bits per heavy atom. The van der Waals surface area contributed by atoms with Gasteiger partial charge in [-0.2, -0.15) is 0 Å². The lowest BCUT2D eigenvalue weighted by Crippen LogP contribution is -2.23. The molecule has 0 saturated carbocycles. The maximum absolute atomic E-state index is 5.88. The number of halogens is 1. The van der Waals surface area contributed by atoms with E-state index in [1.165, 1.54) is 5.56 Å². The predicted octanol–water partition coefficient (Wildman–Crippen LogP) is 2.47. The molecule has 0 atom stereocenters. The van der Waals surface area contributed by atoms with Crippen LogP contribution in [0.4, 0.5) is 0 Å². The summed E-state index contributed by atoms with van der Waals surface area (Å²) in [5.74, 6) is 1.63. The average molecular weight is 281 g/mol. The van der Waals surface area contributed by atoms with Crippen LogP contribution in [0.15, 0.2) is 12.3 Å². The number of likely N-dealkylation sites (N-methyl/N-ethyl adjacent to an activating group) is 1. The Bertz CT molecular complexity index is 550. The van der Waals surface area contributed by atoms with Crippen molar-refractivity contribution in [2.75, 3.05) is 26.0 Å². The van der Waals surface area contributed by atoms with Gasteiger partial charge in [0.2, 0.25) is 0 Å². The Hall–Kier alpha value is -1.13. The summed E-state index contributed by atoms with van der Waals surface area (Å²) in [6.45, 7) is 7.18. The lowest BCUT2D eigenvalue weighted by molar-refractivity contribution is 0.335. The van der Waals surface area contributed by atoms with Gasteiger partial charge in [0.15, 0.2) is 5.65 Å². The van der Waals surface area contributed by atoms with Crippen molar-refractivity contribution in [3.8, 4) is 0 Å². The maximum Gasteiger partial charge on any atom is 0.160 e. The quantitative estimate of drug-likeness (QED) is 0.763. The van der Waals surface area contributed by atoms with E-state index < -0.39 is 0 Å². The zero-order valence-electron chi connectivity index (χ0n) is 11.9. The molecule has 4 nitrogen and oxygen atoms in total. The predicted molar refractivity (Wildman–Crippen MR) is 79.9 cm³/mol. The summed E-state index contributed by atoms with van der Waals surface area (Å²) >= 11 is 5.88. The second kappa shape index (κ2) is 6.35. The van der Waals surface area contributed by atoms with Crippen molar-refractivity contribution >= 4 is 22.8 Å². The van der Waals surface area contributed by atoms with Crippen LogP contribution in [0.2, 0.25) is 0 Å². The van der Waals surface area contributed by atoms with Crippen molar-refractivity contribution in [1.82, 2.24) is 19.4 Å². The van der Waals surface area contributed by atoms with Crippen molar-refractivity contribution in [2.45, 2.75) is 26.8 Å². The van der Waals surface area contributed by atoms with Crippen LogP contribution in [0.5, 0.6) is 0 Å². The number of alkyl halides is 1. The number of hydrogen-bond acceptors (Lipinski definition) is 3. The van der Waals surface area contributed by atoms with E-state index in [1.807, 2.05) is 12.3 Å². The van der Waals surface area contributed by atoms with Gasteiger partial charge in [0.25, 0.3) is 0 Å². The van der Waals surface area contributed by atoms with Gasteiger partial charge >= 0.3 is 0 Å². The lowest BCUT2D eigenvalue weighted by atomic mass is 10.3. The van der Waals surface area contributed by atoms with E-state index in [4.69, 9.17) is 16.6 Å². The smallest absolute Gasteiger partial charge is 0.160 e. The molecule has 0 amide bonds. The molecule has 0 saturated heterocycles. The summed E-state index contributed by atoms with van der Waals surface area (Å²) in [4.78, 5) is 11.5. The Balaban J connectivity index is 2.37. The van der Waals surface area contributed by atoms with E-state index in [9.17, 15) is 0 Å². The molecule has 0 bridgehead atoms. The van der Waals surface area contributed by atoms with Gasteiger partial charge in [-0.05, 0) is 32.1 Å². The first-order valence-corrected chi connectivity index (χ1v) is 7.26. The van der Waals surface area contributed by atoms with E-state index in [0.29, 0.717) is 5.88 Å². The highest BCUT2D eigenvalue weighted by Crippen LogP contribution is 2.18. The van der Waals surface area contributed by atoms with E-state index in [1.54, 1.807) is 0 Å². The fourth-order valence-electron chi connectivity index (χ4n) is 2.12. The zero-order valence-corrected chi connectivity index (χ0v) is 12.6. The summed E-state index contributed by atoms with van der Waals surface area (Å²) in [5.41, 5.74) is 3.15. The molecule has 2 aromatic rings. The monoisotopic (exact) mass is 280 g/mol. The number of fused-ring (bicyclic) bond motifs is 1. The Morgan fingerprint density at radius 3 is 2.89 bits per heavy atom. The van der Waals surface area contributed by atoms with E-state index in [2.05, 4.69) is 35.3 Å². The Kier molecular flexibility index (Phi) is 4.77. The van der Waals surface area contributed by atoms with Crippen LogP contribution in [0.1, 0.15) is 18.3 Å². The molecule has 5 heteroatoms. The first-order valence-electron chi connectivity index (χ1n) is 6.72. The molecule has 0 aromatic carbocycles. The van der Waals surface area contributed by atoms with Gasteiger partial charge in [-0.15, -0.1) is 11.6 Å². The lowest BCUT2D eigenvalue weighted by Gasteiger charge is -2.15. The summed E-state index contributed by atoms with van der Waals surface area (Å²) in [6.07, 6.45) is 2.64. The third kappa shape index (κ3) is 3.07. The second-order valence-corrected chi connectivity index (χ2v) is 5.19. The Labute approximate surface area is 119 Å². The van der Waals surface area contributed by atoms with Crippen LogP contribution in [0.25, 0.3) is 11.2 Å². The van der Waals surface area contributed by atoms with Crippen LogP contribution < -0.4 is 0 Å². The maximum atomic E-state index is 5.88. The molecule has 0 fully saturated rings. The molecular formula is C14H21ClN4. The third-order valence-electron chi connectivity index (χ3n) is 3.48. The first-order chi connectivity index (χ1) is 9.17. The topological polar surface area (TPSA) is 34.0 Å². The van der Waals surface area contributed by atoms with Gasteiger partial charge in [-0.3, -0.25) is 0 Å². The standard InChI is InChI=1S/C14H21ClN4/c1-4-18(3)9-10-19-12(5-7-15)17-13-11(2)6-8-16-14(13)19/h6,8H,4-5,7,9-10H2,1-3H3. The third-order valence-corrected chi connectivity index (χ3v) is 3.67. The normalized spacial score (nSPS) is 11.6. The minimum absolute atomic E-state index is 0.589. The summed E-state index contributed by atoms with van der Waals surface area (Å²) in [5, 5.41) is 0. The molecule has 2 rings (SSSR count). The van der Waals surface area contributed by atoms with E-state index >= 15 is 0 Å². The van der Waals surface area contributed by atoms with Crippen molar-refractivity contribution in [1.29, 1.82) is 0 Å². The molecule has 19 heavy (non-hydrogen) atoms. The highest BCUT2D eigenvalue weighted by Gasteiger charge is 2.13. The van der Waals surface area contributed by atoms with Gasteiger partial charge in [-0.25, -0.2) is 9.97 Å². The molecule has 0 unspecified atom stereocenters. The average Bonchev–Trinajstić information content (AvgIpc) is 2.76. The number of aryl methyl sites for hydroxylation is 2. The fourth-order valence-corrected chi connectivity index (χ4v) is 2.29. The van der Waals surface area contributed by atoms with Crippen LogP contribution in [-0.2, 0) is 13.0 Å². The van der Waals surface area contributed by atoms with E-state index in [-0.39, 0.29) is 0 Å². The SMILES string of the molecule is CCN(C)CCn1c(CCCl)nc2c(C)ccnc21. The van der Waals surface area contributed by atoms with Crippen LogP contribution in [0.3, 0.4) is 0 Å². The number of hydrogen-bond donors (Lipinski definition) is 0. The van der Waals surface area contributed by atoms with Crippen molar-refractivity contribution in [2.24, 2.45) is 0 Å². The molecule has 2 aromatic heterocycles. The number of pyridine rings is 1. The van der Waals surface area contributed by atoms with Gasteiger partial charge in [0.05, 0.1) is 0 Å². The highest BCUT2D eigenvalue weighted by atomic mass is 35.5. The van der Waals surface area contributed by atoms with Crippen molar-refractivity contribution < 1.29 is 0 Å². The van der Waals surface area contributed by atoms with Crippen LogP contribution in [-0.4, -0.2) is 45.5 Å². The van der Waals surface area contributed by atoms with Gasteiger partial charge in [0, 0.05) is 31.6 Å². The molecule has 0 radical (unpaired) electrons. The second-order valence-electron chi connectivity index (χ2n) is 4.81. The molecule has 2 heterocycles. The Morgan fingerprint density at radius 1 is 1.42 bits per heavy atom. The van der Waals surface area contributed by atoms with Gasteiger partial charge < -0.3 is 9.47 Å². The molecule has 0 spiro atoms. The van der Waals surface area contributed by atoms with E-state index in [0.717, 1.165) is 43.0 Å². The number of aromatic nitrogens is 3. The number of rotatable bonds is 6. The summed E-state index contributed by atoms with van der Waals surface area (Å²) in [7, 11) is 2.12. The minimum atomic E-state index is 0.589. The molecule has 0 aliphatic heterocycles. The molecule has 0 aliphatic rings. The number of nitrogens with zero attached hydrogens (tertiary/aromatic N) is 4. The van der Waals surface area contributed by atoms with Crippen LogP contribution >= 0.6 is 11.6 Å². The summed E-state index contributed by atoms with van der Waals surface area (Å²) < 4.78 is 2.21. The van der Waals surface area contributed by atoms with Crippen molar-refractivity contribution in [3.63, 3.8) is 0 Å². The molecule has 0 aliphatic carbocycles. The highest BCUT2D eigenvalue weighted by molar-refractivity contribution is 6.17. The minimum Gasteiger partial charge on any atom is -0.311 e. The fraction of sp³-hybridized carbons (Fsp3) is 0.571. The largest absolute Gasteiger partial charge is 0.311 e.